The molecule has 2 aromatic carbocycles. The third-order valence-electron chi connectivity index (χ3n) is 2.73. The van der Waals surface area contributed by atoms with Crippen LogP contribution in [0.4, 0.5) is 0 Å². The molecular formula is C14H11NOS. The summed E-state index contributed by atoms with van der Waals surface area (Å²) in [6.07, 6.45) is 0. The lowest BCUT2D eigenvalue weighted by Crippen LogP contribution is -1.81. The van der Waals surface area contributed by atoms with E-state index in [0.717, 1.165) is 21.7 Å². The van der Waals surface area contributed by atoms with E-state index in [-0.39, 0.29) is 0 Å². The Morgan fingerprint density at radius 1 is 1.06 bits per heavy atom. The first kappa shape index (κ1) is 10.3. The average molecular weight is 241 g/mol. The van der Waals surface area contributed by atoms with Gasteiger partial charge in [0.25, 0.3) is 0 Å². The van der Waals surface area contributed by atoms with Gasteiger partial charge in [0.15, 0.2) is 0 Å². The van der Waals surface area contributed by atoms with Crippen molar-refractivity contribution in [2.45, 2.75) is 0 Å². The minimum Gasteiger partial charge on any atom is -0.497 e. The van der Waals surface area contributed by atoms with Crippen LogP contribution in [0.5, 0.6) is 5.75 Å². The Hall–Kier alpha value is -1.87. The molecule has 0 N–H and O–H groups in total. The number of aromatic nitrogens is 1. The summed E-state index contributed by atoms with van der Waals surface area (Å²) in [5.74, 6) is 0.876. The minimum atomic E-state index is 0.876. The molecule has 84 valence electrons. The summed E-state index contributed by atoms with van der Waals surface area (Å²) in [6.45, 7) is 0. The van der Waals surface area contributed by atoms with E-state index in [0.29, 0.717) is 0 Å². The maximum Gasteiger partial charge on any atom is 0.120 e. The van der Waals surface area contributed by atoms with Gasteiger partial charge in [-0.25, -0.2) is 0 Å². The van der Waals surface area contributed by atoms with Crippen molar-refractivity contribution in [2.75, 3.05) is 7.11 Å². The van der Waals surface area contributed by atoms with Crippen molar-refractivity contribution < 1.29 is 4.74 Å². The van der Waals surface area contributed by atoms with Crippen LogP contribution in [0.1, 0.15) is 0 Å². The van der Waals surface area contributed by atoms with E-state index in [9.17, 15) is 0 Å². The molecule has 0 saturated heterocycles. The summed E-state index contributed by atoms with van der Waals surface area (Å²) >= 11 is 1.51. The molecule has 3 rings (SSSR count). The van der Waals surface area contributed by atoms with E-state index in [2.05, 4.69) is 22.6 Å². The Morgan fingerprint density at radius 3 is 2.65 bits per heavy atom. The fraction of sp³-hybridized carbons (Fsp3) is 0.0714. The van der Waals surface area contributed by atoms with Gasteiger partial charge in [0.05, 0.1) is 17.5 Å². The van der Waals surface area contributed by atoms with Crippen LogP contribution in [0.2, 0.25) is 0 Å². The van der Waals surface area contributed by atoms with Crippen molar-refractivity contribution >= 4 is 21.6 Å². The molecule has 0 amide bonds. The average Bonchev–Trinajstić information content (AvgIpc) is 2.82. The lowest BCUT2D eigenvalue weighted by Gasteiger charge is -2.00. The number of ether oxygens (including phenoxy) is 1. The highest BCUT2D eigenvalue weighted by Gasteiger charge is 2.08. The Balaban J connectivity index is 2.19. The molecule has 0 aliphatic heterocycles. The summed E-state index contributed by atoms with van der Waals surface area (Å²) in [7, 11) is 1.68. The summed E-state index contributed by atoms with van der Waals surface area (Å²) in [5, 5.41) is 1.18. The topological polar surface area (TPSA) is 22.1 Å². The largest absolute Gasteiger partial charge is 0.497 e. The van der Waals surface area contributed by atoms with Gasteiger partial charge in [-0.3, -0.25) is 0 Å². The second kappa shape index (κ2) is 4.18. The first-order valence-electron chi connectivity index (χ1n) is 5.37. The van der Waals surface area contributed by atoms with E-state index >= 15 is 0 Å². The first-order valence-corrected chi connectivity index (χ1v) is 6.14. The van der Waals surface area contributed by atoms with Gasteiger partial charge in [-0.05, 0) is 29.7 Å². The van der Waals surface area contributed by atoms with Gasteiger partial charge in [-0.15, -0.1) is 0 Å². The summed E-state index contributed by atoms with van der Waals surface area (Å²) in [6, 6.07) is 16.3. The van der Waals surface area contributed by atoms with E-state index in [1.165, 1.54) is 16.9 Å². The maximum absolute atomic E-state index is 5.22. The Morgan fingerprint density at radius 2 is 1.88 bits per heavy atom. The van der Waals surface area contributed by atoms with Gasteiger partial charge in [-0.2, -0.15) is 4.37 Å². The second-order valence-electron chi connectivity index (χ2n) is 3.76. The smallest absolute Gasteiger partial charge is 0.120 e. The molecule has 0 unspecified atom stereocenters. The van der Waals surface area contributed by atoms with Gasteiger partial charge >= 0.3 is 0 Å². The van der Waals surface area contributed by atoms with Crippen LogP contribution in [0.25, 0.3) is 21.3 Å². The maximum atomic E-state index is 5.22. The van der Waals surface area contributed by atoms with Crippen LogP contribution < -0.4 is 4.74 Å². The molecule has 1 aromatic heterocycles. The standard InChI is InChI=1S/C14H11NOS/c1-16-11-7-8-12-13(9-11)17-15-14(12)10-5-3-2-4-6-10/h2-9H,1H3. The Bertz CT molecular complexity index is 646. The zero-order valence-electron chi connectivity index (χ0n) is 9.38. The third kappa shape index (κ3) is 1.78. The van der Waals surface area contributed by atoms with Gasteiger partial charge < -0.3 is 4.74 Å². The number of nitrogens with zero attached hydrogens (tertiary/aromatic N) is 1. The molecule has 0 aliphatic rings. The molecule has 0 atom stereocenters. The van der Waals surface area contributed by atoms with Crippen molar-refractivity contribution in [3.63, 3.8) is 0 Å². The van der Waals surface area contributed by atoms with Crippen LogP contribution >= 0.6 is 11.5 Å². The molecule has 0 spiro atoms. The lowest BCUT2D eigenvalue weighted by atomic mass is 10.1. The molecule has 1 heterocycles. The van der Waals surface area contributed by atoms with Crippen LogP contribution in [0.15, 0.2) is 48.5 Å². The number of benzene rings is 2. The summed E-state index contributed by atoms with van der Waals surface area (Å²) < 4.78 is 10.9. The normalized spacial score (nSPS) is 10.6. The first-order chi connectivity index (χ1) is 8.38. The molecule has 2 nitrogen and oxygen atoms in total. The molecule has 3 aromatic rings. The van der Waals surface area contributed by atoms with Crippen LogP contribution in [0, 0.1) is 0 Å². The highest BCUT2D eigenvalue weighted by molar-refractivity contribution is 7.13. The van der Waals surface area contributed by atoms with Gasteiger partial charge in [0.1, 0.15) is 5.75 Å². The van der Waals surface area contributed by atoms with Gasteiger partial charge in [0.2, 0.25) is 0 Å². The number of hydrogen-bond donors (Lipinski definition) is 0. The number of fused-ring (bicyclic) bond motifs is 1. The van der Waals surface area contributed by atoms with E-state index in [1.54, 1.807) is 7.11 Å². The molecule has 3 heteroatoms. The number of hydrogen-bond acceptors (Lipinski definition) is 3. The van der Waals surface area contributed by atoms with Crippen molar-refractivity contribution in [3.05, 3.63) is 48.5 Å². The van der Waals surface area contributed by atoms with Crippen molar-refractivity contribution in [1.82, 2.24) is 4.37 Å². The number of rotatable bonds is 2. The van der Waals surface area contributed by atoms with Crippen LogP contribution in [-0.2, 0) is 0 Å². The summed E-state index contributed by atoms with van der Waals surface area (Å²) in [4.78, 5) is 0. The lowest BCUT2D eigenvalue weighted by molar-refractivity contribution is 0.415. The SMILES string of the molecule is COc1ccc2c(-c3ccccc3)nsc2c1. The Labute approximate surface area is 104 Å². The summed E-state index contributed by atoms with van der Waals surface area (Å²) in [5.41, 5.74) is 2.21. The van der Waals surface area contributed by atoms with Crippen LogP contribution in [0.3, 0.4) is 0 Å². The molecule has 0 aliphatic carbocycles. The quantitative estimate of drug-likeness (QED) is 0.677. The highest BCUT2D eigenvalue weighted by atomic mass is 32.1. The fourth-order valence-corrected chi connectivity index (χ4v) is 2.67. The van der Waals surface area contributed by atoms with Crippen LogP contribution in [-0.4, -0.2) is 11.5 Å². The molecular weight excluding hydrogens is 230 g/mol. The molecule has 17 heavy (non-hydrogen) atoms. The second-order valence-corrected chi connectivity index (χ2v) is 4.56. The van der Waals surface area contributed by atoms with E-state index < -0.39 is 0 Å². The Kier molecular flexibility index (Phi) is 2.53. The monoisotopic (exact) mass is 241 g/mol. The van der Waals surface area contributed by atoms with Gasteiger partial charge in [-0.1, -0.05) is 30.3 Å². The van der Waals surface area contributed by atoms with Crippen molar-refractivity contribution in [3.8, 4) is 17.0 Å². The zero-order valence-corrected chi connectivity index (χ0v) is 10.2. The molecule has 0 radical (unpaired) electrons. The minimum absolute atomic E-state index is 0.876. The van der Waals surface area contributed by atoms with E-state index in [4.69, 9.17) is 4.74 Å². The predicted octanol–water partition coefficient (Wildman–Crippen LogP) is 3.97. The number of methoxy groups -OCH3 is 1. The highest BCUT2D eigenvalue weighted by Crippen LogP contribution is 2.32. The van der Waals surface area contributed by atoms with Crippen molar-refractivity contribution in [1.29, 1.82) is 0 Å². The van der Waals surface area contributed by atoms with E-state index in [1.807, 2.05) is 30.3 Å². The molecule has 0 bridgehead atoms. The molecule has 0 fully saturated rings. The van der Waals surface area contributed by atoms with Crippen molar-refractivity contribution in [2.24, 2.45) is 0 Å². The third-order valence-corrected chi connectivity index (χ3v) is 3.53. The van der Waals surface area contributed by atoms with Gasteiger partial charge in [0, 0.05) is 10.9 Å². The molecule has 0 saturated carbocycles. The predicted molar refractivity (Wildman–Crippen MR) is 71.6 cm³/mol. The fourth-order valence-electron chi connectivity index (χ4n) is 1.85. The zero-order chi connectivity index (χ0) is 11.7.